The molecular weight excluding hydrogens is 296 g/mol. The zero-order chi connectivity index (χ0) is 16.1. The lowest BCUT2D eigenvalue weighted by molar-refractivity contribution is 0.0841. The third-order valence-corrected chi connectivity index (χ3v) is 5.42. The van der Waals surface area contributed by atoms with Crippen LogP contribution in [0.2, 0.25) is 0 Å². The molecule has 1 N–H and O–H groups in total. The number of rotatable bonds is 1. The van der Waals surface area contributed by atoms with E-state index in [4.69, 9.17) is 4.74 Å². The average molecular weight is 316 g/mol. The molecule has 5 rings (SSSR count). The summed E-state index contributed by atoms with van der Waals surface area (Å²) in [5, 5.41) is 5.00. The Bertz CT molecular complexity index is 903. The third kappa shape index (κ3) is 2.05. The molecule has 2 aromatic carbocycles. The molecule has 0 saturated carbocycles. The molecule has 3 heterocycles. The fourth-order valence-electron chi connectivity index (χ4n) is 4.23. The van der Waals surface area contributed by atoms with Crippen LogP contribution in [0.15, 0.2) is 54.7 Å². The largest absolute Gasteiger partial charge is 0.378 e. The predicted octanol–water partition coefficient (Wildman–Crippen LogP) is 4.79. The highest BCUT2D eigenvalue weighted by molar-refractivity contribution is 5.88. The van der Waals surface area contributed by atoms with Crippen molar-refractivity contribution >= 4 is 16.6 Å². The summed E-state index contributed by atoms with van der Waals surface area (Å²) in [5.74, 6) is 0.464. The van der Waals surface area contributed by atoms with Crippen molar-refractivity contribution in [1.82, 2.24) is 4.98 Å². The minimum Gasteiger partial charge on any atom is -0.378 e. The van der Waals surface area contributed by atoms with E-state index in [1.165, 1.54) is 27.8 Å². The van der Waals surface area contributed by atoms with E-state index in [-0.39, 0.29) is 6.10 Å². The van der Waals surface area contributed by atoms with Gasteiger partial charge in [0.15, 0.2) is 0 Å². The molecule has 0 aliphatic carbocycles. The normalized spacial score (nSPS) is 25.1. The van der Waals surface area contributed by atoms with E-state index in [9.17, 15) is 0 Å². The molecule has 0 amide bonds. The van der Waals surface area contributed by atoms with Gasteiger partial charge >= 0.3 is 0 Å². The van der Waals surface area contributed by atoms with Crippen LogP contribution in [0, 0.1) is 12.8 Å². The Balaban J connectivity index is 1.66. The van der Waals surface area contributed by atoms with Gasteiger partial charge in [-0.2, -0.15) is 0 Å². The van der Waals surface area contributed by atoms with Crippen LogP contribution >= 0.6 is 0 Å². The molecule has 1 saturated heterocycles. The zero-order valence-electron chi connectivity index (χ0n) is 13.7. The Kier molecular flexibility index (Phi) is 3.10. The van der Waals surface area contributed by atoms with E-state index in [0.29, 0.717) is 12.0 Å². The van der Waals surface area contributed by atoms with E-state index in [2.05, 4.69) is 59.7 Å². The van der Waals surface area contributed by atoms with Gasteiger partial charge in [-0.15, -0.1) is 0 Å². The molecule has 2 aliphatic rings. The Labute approximate surface area is 141 Å². The van der Waals surface area contributed by atoms with Gasteiger partial charge in [0.05, 0.1) is 17.7 Å². The van der Waals surface area contributed by atoms with Crippen LogP contribution in [0.4, 0.5) is 5.69 Å². The second kappa shape index (κ2) is 5.32. The van der Waals surface area contributed by atoms with Crippen LogP contribution in [0.25, 0.3) is 10.9 Å². The summed E-state index contributed by atoms with van der Waals surface area (Å²) in [7, 11) is 0. The van der Waals surface area contributed by atoms with Gasteiger partial charge in [0.25, 0.3) is 0 Å². The second-order valence-corrected chi connectivity index (χ2v) is 6.87. The zero-order valence-corrected chi connectivity index (χ0v) is 13.7. The topological polar surface area (TPSA) is 34.2 Å². The van der Waals surface area contributed by atoms with E-state index in [0.717, 1.165) is 18.5 Å². The van der Waals surface area contributed by atoms with Crippen molar-refractivity contribution < 1.29 is 4.74 Å². The molecule has 3 heteroatoms. The maximum Gasteiger partial charge on any atom is 0.0903 e. The van der Waals surface area contributed by atoms with E-state index in [1.54, 1.807) is 0 Å². The first kappa shape index (κ1) is 14.0. The number of ether oxygens (including phenoxy) is 1. The summed E-state index contributed by atoms with van der Waals surface area (Å²) in [5.41, 5.74) is 6.15. The minimum atomic E-state index is 0.153. The molecule has 2 aliphatic heterocycles. The quantitative estimate of drug-likeness (QED) is 0.701. The summed E-state index contributed by atoms with van der Waals surface area (Å²) in [6, 6.07) is 17.6. The molecule has 3 aromatic rings. The lowest BCUT2D eigenvalue weighted by atomic mass is 9.80. The first-order valence-corrected chi connectivity index (χ1v) is 8.63. The monoisotopic (exact) mass is 316 g/mol. The molecule has 3 nitrogen and oxygen atoms in total. The standard InChI is InChI=1S/C21H20N2O/c1-13-4-6-14(7-5-13)20-16-10-12-24-21(16)19-15-3-2-11-22-17(15)8-9-18(19)23-20/h2-9,11,16,20-21,23H,10,12H2,1H3/t16-,20?,21-/m0/s1. The van der Waals surface area contributed by atoms with Crippen LogP contribution in [-0.4, -0.2) is 11.6 Å². The van der Waals surface area contributed by atoms with Crippen LogP contribution in [0.1, 0.15) is 35.3 Å². The fraction of sp³-hybridized carbons (Fsp3) is 0.286. The van der Waals surface area contributed by atoms with Crippen molar-refractivity contribution in [2.24, 2.45) is 5.92 Å². The number of benzene rings is 2. The SMILES string of the molecule is Cc1ccc(C2Nc3ccc4ncccc4c3[C@H]3OCC[C@@H]23)cc1. The van der Waals surface area contributed by atoms with Crippen molar-refractivity contribution in [3.63, 3.8) is 0 Å². The molecule has 0 radical (unpaired) electrons. The number of hydrogen-bond acceptors (Lipinski definition) is 3. The lowest BCUT2D eigenvalue weighted by Crippen LogP contribution is -2.29. The molecule has 1 aromatic heterocycles. The van der Waals surface area contributed by atoms with E-state index < -0.39 is 0 Å². The summed E-state index contributed by atoms with van der Waals surface area (Å²) in [4.78, 5) is 4.51. The van der Waals surface area contributed by atoms with Crippen LogP contribution in [0.3, 0.4) is 0 Å². The predicted molar refractivity (Wildman–Crippen MR) is 96.1 cm³/mol. The maximum atomic E-state index is 6.20. The highest BCUT2D eigenvalue weighted by Gasteiger charge is 2.42. The number of hydrogen-bond donors (Lipinski definition) is 1. The van der Waals surface area contributed by atoms with Crippen molar-refractivity contribution in [3.05, 3.63) is 71.4 Å². The number of nitrogens with one attached hydrogen (secondary N) is 1. The fourth-order valence-corrected chi connectivity index (χ4v) is 4.23. The average Bonchev–Trinajstić information content (AvgIpc) is 3.11. The number of fused-ring (bicyclic) bond motifs is 5. The molecule has 1 unspecified atom stereocenters. The van der Waals surface area contributed by atoms with Gasteiger partial charge in [-0.05, 0) is 37.1 Å². The Morgan fingerprint density at radius 1 is 1.08 bits per heavy atom. The first-order chi connectivity index (χ1) is 11.8. The van der Waals surface area contributed by atoms with E-state index in [1.807, 2.05) is 12.3 Å². The van der Waals surface area contributed by atoms with Gasteiger partial charge in [0.2, 0.25) is 0 Å². The molecule has 120 valence electrons. The minimum absolute atomic E-state index is 0.153. The van der Waals surface area contributed by atoms with Gasteiger partial charge in [-0.3, -0.25) is 4.98 Å². The van der Waals surface area contributed by atoms with Crippen LogP contribution in [-0.2, 0) is 4.74 Å². The third-order valence-electron chi connectivity index (χ3n) is 5.42. The molecule has 1 fully saturated rings. The molecule has 24 heavy (non-hydrogen) atoms. The van der Waals surface area contributed by atoms with Crippen molar-refractivity contribution in [3.8, 4) is 0 Å². The van der Waals surface area contributed by atoms with Crippen molar-refractivity contribution in [1.29, 1.82) is 0 Å². The summed E-state index contributed by atoms with van der Waals surface area (Å²) >= 11 is 0. The highest BCUT2D eigenvalue weighted by Crippen LogP contribution is 2.51. The number of aromatic nitrogens is 1. The Morgan fingerprint density at radius 3 is 2.83 bits per heavy atom. The second-order valence-electron chi connectivity index (χ2n) is 6.87. The number of anilines is 1. The van der Waals surface area contributed by atoms with Gasteiger partial charge in [-0.1, -0.05) is 35.9 Å². The van der Waals surface area contributed by atoms with Crippen molar-refractivity contribution in [2.45, 2.75) is 25.5 Å². The molecule has 0 spiro atoms. The first-order valence-electron chi connectivity index (χ1n) is 8.63. The van der Waals surface area contributed by atoms with Gasteiger partial charge < -0.3 is 10.1 Å². The molecule has 3 atom stereocenters. The smallest absolute Gasteiger partial charge is 0.0903 e. The van der Waals surface area contributed by atoms with Gasteiger partial charge in [0.1, 0.15) is 0 Å². The maximum absolute atomic E-state index is 6.20. The highest BCUT2D eigenvalue weighted by atomic mass is 16.5. The number of nitrogens with zero attached hydrogens (tertiary/aromatic N) is 1. The van der Waals surface area contributed by atoms with E-state index >= 15 is 0 Å². The lowest BCUT2D eigenvalue weighted by Gasteiger charge is -2.37. The summed E-state index contributed by atoms with van der Waals surface area (Å²) < 4.78 is 6.20. The number of pyridine rings is 1. The van der Waals surface area contributed by atoms with Crippen molar-refractivity contribution in [2.75, 3.05) is 11.9 Å². The van der Waals surface area contributed by atoms with Crippen LogP contribution < -0.4 is 5.32 Å². The van der Waals surface area contributed by atoms with Crippen LogP contribution in [0.5, 0.6) is 0 Å². The summed E-state index contributed by atoms with van der Waals surface area (Å²) in [6.07, 6.45) is 3.10. The molecular formula is C21H20N2O. The summed E-state index contributed by atoms with van der Waals surface area (Å²) in [6.45, 7) is 2.96. The Morgan fingerprint density at radius 2 is 1.96 bits per heavy atom. The molecule has 0 bridgehead atoms. The van der Waals surface area contributed by atoms with Gasteiger partial charge in [-0.25, -0.2) is 0 Å². The van der Waals surface area contributed by atoms with Gasteiger partial charge in [0, 0.05) is 35.4 Å². The Hall–Kier alpha value is -2.39. The number of aryl methyl sites for hydroxylation is 1.